The predicted octanol–water partition coefficient (Wildman–Crippen LogP) is 3.41. The van der Waals surface area contributed by atoms with Gasteiger partial charge in [0.1, 0.15) is 4.60 Å². The molecule has 0 bridgehead atoms. The van der Waals surface area contributed by atoms with Crippen LogP contribution in [0.5, 0.6) is 0 Å². The first-order valence-corrected chi connectivity index (χ1v) is 6.91. The van der Waals surface area contributed by atoms with E-state index in [4.69, 9.17) is 4.74 Å². The lowest BCUT2D eigenvalue weighted by Crippen LogP contribution is -2.19. The van der Waals surface area contributed by atoms with Crippen LogP contribution in [-0.2, 0) is 4.74 Å². The third-order valence-corrected chi connectivity index (χ3v) is 3.67. The number of aromatic nitrogens is 3. The van der Waals surface area contributed by atoms with Crippen LogP contribution in [0.4, 0.5) is 0 Å². The number of halogens is 1. The van der Waals surface area contributed by atoms with Crippen molar-refractivity contribution >= 4 is 15.9 Å². The molecule has 3 heterocycles. The van der Waals surface area contributed by atoms with Gasteiger partial charge in [0.05, 0.1) is 5.69 Å². The van der Waals surface area contributed by atoms with Crippen molar-refractivity contribution in [1.29, 1.82) is 0 Å². The molecule has 1 fully saturated rings. The Morgan fingerprint density at radius 3 is 3.06 bits per heavy atom. The molecule has 94 valence electrons. The van der Waals surface area contributed by atoms with E-state index in [0.717, 1.165) is 35.3 Å². The van der Waals surface area contributed by atoms with Gasteiger partial charge in [-0.1, -0.05) is 0 Å². The van der Waals surface area contributed by atoms with Gasteiger partial charge in [0.25, 0.3) is 0 Å². The highest BCUT2D eigenvalue weighted by Gasteiger charge is 2.19. The second kappa shape index (κ2) is 5.20. The fraction of sp³-hybridized carbons (Fsp3) is 0.385. The normalized spacial score (nSPS) is 19.9. The summed E-state index contributed by atoms with van der Waals surface area (Å²) in [6, 6.07) is 5.93. The summed E-state index contributed by atoms with van der Waals surface area (Å²) in [5, 5.41) is 4.61. The van der Waals surface area contributed by atoms with Crippen LogP contribution in [-0.4, -0.2) is 21.4 Å². The zero-order valence-electron chi connectivity index (χ0n) is 9.92. The van der Waals surface area contributed by atoms with Crippen LogP contribution in [0.25, 0.3) is 11.3 Å². The van der Waals surface area contributed by atoms with Gasteiger partial charge in [-0.05, 0) is 53.4 Å². The molecule has 3 rings (SSSR count). The number of hydrogen-bond acceptors (Lipinski definition) is 3. The highest BCUT2D eigenvalue weighted by molar-refractivity contribution is 9.10. The minimum atomic E-state index is 0.0542. The molecule has 4 nitrogen and oxygen atoms in total. The lowest BCUT2D eigenvalue weighted by atomic mass is 10.2. The maximum atomic E-state index is 5.75. The van der Waals surface area contributed by atoms with E-state index in [1.807, 2.05) is 29.1 Å². The Labute approximate surface area is 114 Å². The molecule has 2 aromatic heterocycles. The van der Waals surface area contributed by atoms with Crippen molar-refractivity contribution in [2.75, 3.05) is 6.61 Å². The molecule has 0 radical (unpaired) electrons. The largest absolute Gasteiger partial charge is 0.356 e. The summed E-state index contributed by atoms with van der Waals surface area (Å²) in [5.74, 6) is 0. The van der Waals surface area contributed by atoms with Crippen LogP contribution in [0.2, 0.25) is 0 Å². The molecule has 1 saturated heterocycles. The Hall–Kier alpha value is -1.20. The van der Waals surface area contributed by atoms with Gasteiger partial charge >= 0.3 is 0 Å². The Morgan fingerprint density at radius 2 is 2.33 bits per heavy atom. The van der Waals surface area contributed by atoms with Crippen LogP contribution >= 0.6 is 15.9 Å². The molecular formula is C13H14BrN3O. The highest BCUT2D eigenvalue weighted by Crippen LogP contribution is 2.29. The van der Waals surface area contributed by atoms with E-state index in [1.165, 1.54) is 6.42 Å². The first-order chi connectivity index (χ1) is 8.84. The van der Waals surface area contributed by atoms with Crippen molar-refractivity contribution in [3.8, 4) is 11.3 Å². The number of pyridine rings is 1. The molecule has 0 N–H and O–H groups in total. The molecule has 1 aliphatic heterocycles. The minimum Gasteiger partial charge on any atom is -0.356 e. The number of rotatable bonds is 2. The van der Waals surface area contributed by atoms with Gasteiger partial charge in [0, 0.05) is 24.6 Å². The van der Waals surface area contributed by atoms with Crippen LogP contribution in [0.15, 0.2) is 35.2 Å². The summed E-state index contributed by atoms with van der Waals surface area (Å²) >= 11 is 3.55. The quantitative estimate of drug-likeness (QED) is 0.853. The van der Waals surface area contributed by atoms with Gasteiger partial charge in [0.15, 0.2) is 6.23 Å². The molecule has 0 spiro atoms. The Balaban J connectivity index is 1.91. The van der Waals surface area contributed by atoms with Gasteiger partial charge in [-0.15, -0.1) is 0 Å². The topological polar surface area (TPSA) is 39.9 Å². The average Bonchev–Trinajstić information content (AvgIpc) is 2.83. The van der Waals surface area contributed by atoms with E-state index in [1.54, 1.807) is 6.20 Å². The van der Waals surface area contributed by atoms with E-state index >= 15 is 0 Å². The molecule has 2 aromatic rings. The molecule has 0 aliphatic carbocycles. The van der Waals surface area contributed by atoms with Crippen molar-refractivity contribution in [3.05, 3.63) is 35.2 Å². The molecular weight excluding hydrogens is 294 g/mol. The van der Waals surface area contributed by atoms with Crippen LogP contribution in [0.1, 0.15) is 25.5 Å². The zero-order chi connectivity index (χ0) is 12.4. The first kappa shape index (κ1) is 11.9. The minimum absolute atomic E-state index is 0.0542. The van der Waals surface area contributed by atoms with E-state index < -0.39 is 0 Å². The van der Waals surface area contributed by atoms with E-state index in [2.05, 4.69) is 26.0 Å². The van der Waals surface area contributed by atoms with Gasteiger partial charge in [-0.25, -0.2) is 4.68 Å². The molecule has 0 saturated carbocycles. The van der Waals surface area contributed by atoms with Gasteiger partial charge in [-0.2, -0.15) is 5.10 Å². The smallest absolute Gasteiger partial charge is 0.151 e. The van der Waals surface area contributed by atoms with Crippen molar-refractivity contribution < 1.29 is 4.74 Å². The SMILES string of the molecule is Brc1cc(-c2cccnc2)nn1C1CCCCO1. The highest BCUT2D eigenvalue weighted by atomic mass is 79.9. The fourth-order valence-corrected chi connectivity index (χ4v) is 2.67. The lowest BCUT2D eigenvalue weighted by molar-refractivity contribution is -0.0407. The molecule has 18 heavy (non-hydrogen) atoms. The Kier molecular flexibility index (Phi) is 3.43. The molecule has 0 amide bonds. The predicted molar refractivity (Wildman–Crippen MR) is 72.0 cm³/mol. The molecule has 1 atom stereocenters. The van der Waals surface area contributed by atoms with Gasteiger partial charge in [-0.3, -0.25) is 4.98 Å². The van der Waals surface area contributed by atoms with Crippen LogP contribution in [0.3, 0.4) is 0 Å². The number of hydrogen-bond donors (Lipinski definition) is 0. The van der Waals surface area contributed by atoms with Crippen LogP contribution < -0.4 is 0 Å². The lowest BCUT2D eigenvalue weighted by Gasteiger charge is -2.23. The summed E-state index contributed by atoms with van der Waals surface area (Å²) in [7, 11) is 0. The molecule has 1 aliphatic rings. The van der Waals surface area contributed by atoms with Crippen molar-refractivity contribution in [3.63, 3.8) is 0 Å². The summed E-state index contributed by atoms with van der Waals surface area (Å²) in [6.07, 6.45) is 7.00. The van der Waals surface area contributed by atoms with E-state index in [9.17, 15) is 0 Å². The van der Waals surface area contributed by atoms with E-state index in [0.29, 0.717) is 0 Å². The van der Waals surface area contributed by atoms with Gasteiger partial charge in [0.2, 0.25) is 0 Å². The van der Waals surface area contributed by atoms with Crippen molar-refractivity contribution in [1.82, 2.24) is 14.8 Å². The Bertz CT molecular complexity index is 520. The van der Waals surface area contributed by atoms with Crippen molar-refractivity contribution in [2.24, 2.45) is 0 Å². The summed E-state index contributed by atoms with van der Waals surface area (Å²) in [5.41, 5.74) is 1.94. The van der Waals surface area contributed by atoms with Crippen molar-refractivity contribution in [2.45, 2.75) is 25.5 Å². The second-order valence-electron chi connectivity index (χ2n) is 4.36. The Morgan fingerprint density at radius 1 is 1.39 bits per heavy atom. The maximum absolute atomic E-state index is 5.75. The van der Waals surface area contributed by atoms with Crippen LogP contribution in [0, 0.1) is 0 Å². The maximum Gasteiger partial charge on any atom is 0.151 e. The summed E-state index contributed by atoms with van der Waals surface area (Å²) in [4.78, 5) is 4.12. The fourth-order valence-electron chi connectivity index (χ4n) is 2.15. The standard InChI is InChI=1S/C13H14BrN3O/c14-12-8-11(10-4-3-6-15-9-10)16-17(12)13-5-1-2-7-18-13/h3-4,6,8-9,13H,1-2,5,7H2. The third kappa shape index (κ3) is 2.33. The second-order valence-corrected chi connectivity index (χ2v) is 5.17. The average molecular weight is 308 g/mol. The first-order valence-electron chi connectivity index (χ1n) is 6.11. The monoisotopic (exact) mass is 307 g/mol. The third-order valence-electron chi connectivity index (χ3n) is 3.08. The zero-order valence-corrected chi connectivity index (χ0v) is 11.5. The molecule has 5 heteroatoms. The number of ether oxygens (including phenoxy) is 1. The summed E-state index contributed by atoms with van der Waals surface area (Å²) < 4.78 is 8.62. The van der Waals surface area contributed by atoms with Gasteiger partial charge < -0.3 is 4.74 Å². The molecule has 1 unspecified atom stereocenters. The van der Waals surface area contributed by atoms with E-state index in [-0.39, 0.29) is 6.23 Å². The molecule has 0 aromatic carbocycles. The summed E-state index contributed by atoms with van der Waals surface area (Å²) in [6.45, 7) is 0.819. The number of nitrogens with zero attached hydrogens (tertiary/aromatic N) is 3.